The molecule has 0 aromatic heterocycles. The van der Waals surface area contributed by atoms with Crippen LogP contribution in [-0.2, 0) is 22.3 Å². The number of aliphatic imine (C=N–C) groups is 1. The van der Waals surface area contributed by atoms with Crippen molar-refractivity contribution in [3.05, 3.63) is 64.7 Å². The maximum absolute atomic E-state index is 12.2. The van der Waals surface area contributed by atoms with E-state index < -0.39 is 10.0 Å². The molecule has 0 aliphatic carbocycles. The Kier molecular flexibility index (Phi) is 6.98. The van der Waals surface area contributed by atoms with Crippen LogP contribution in [0.15, 0.2) is 47.5 Å². The molecule has 7 heteroatoms. The normalized spacial score (nSPS) is 12.4. The van der Waals surface area contributed by atoms with Gasteiger partial charge in [-0.05, 0) is 62.1 Å². The van der Waals surface area contributed by atoms with Crippen LogP contribution in [0, 0.1) is 13.8 Å². The molecule has 0 spiro atoms. The van der Waals surface area contributed by atoms with Gasteiger partial charge in [0.25, 0.3) is 0 Å². The van der Waals surface area contributed by atoms with Crippen molar-refractivity contribution in [2.45, 2.75) is 46.0 Å². The third-order valence-corrected chi connectivity index (χ3v) is 5.60. The average Bonchev–Trinajstić information content (AvgIpc) is 2.56. The number of hydrogen-bond acceptors (Lipinski definition) is 3. The zero-order valence-corrected chi connectivity index (χ0v) is 17.1. The summed E-state index contributed by atoms with van der Waals surface area (Å²) in [5.41, 5.74) is 10.8. The highest BCUT2D eigenvalue weighted by atomic mass is 32.2. The largest absolute Gasteiger partial charge is 0.370 e. The van der Waals surface area contributed by atoms with Crippen LogP contribution in [0.3, 0.4) is 0 Å². The quantitative estimate of drug-likeness (QED) is 0.502. The van der Waals surface area contributed by atoms with Crippen LogP contribution < -0.4 is 15.8 Å². The van der Waals surface area contributed by atoms with Crippen LogP contribution >= 0.6 is 0 Å². The molecular formula is C20H28N4O2S. The summed E-state index contributed by atoms with van der Waals surface area (Å²) in [6, 6.07) is 13.2. The lowest BCUT2D eigenvalue weighted by Crippen LogP contribution is -2.31. The molecule has 0 aliphatic heterocycles. The van der Waals surface area contributed by atoms with E-state index >= 15 is 0 Å². The van der Waals surface area contributed by atoms with E-state index in [1.165, 1.54) is 11.1 Å². The van der Waals surface area contributed by atoms with Gasteiger partial charge in [-0.3, -0.25) is 0 Å². The smallest absolute Gasteiger partial charge is 0.216 e. The van der Waals surface area contributed by atoms with Crippen molar-refractivity contribution in [2.24, 2.45) is 10.7 Å². The molecule has 4 N–H and O–H groups in total. The molecule has 2 rings (SSSR count). The van der Waals surface area contributed by atoms with Gasteiger partial charge in [0, 0.05) is 11.7 Å². The highest BCUT2D eigenvalue weighted by Gasteiger charge is 2.15. The average molecular weight is 389 g/mol. The predicted molar refractivity (Wildman–Crippen MR) is 112 cm³/mol. The minimum Gasteiger partial charge on any atom is -0.370 e. The maximum Gasteiger partial charge on any atom is 0.216 e. The van der Waals surface area contributed by atoms with Crippen molar-refractivity contribution >= 4 is 21.7 Å². The van der Waals surface area contributed by atoms with Crippen LogP contribution in [0.5, 0.6) is 0 Å². The third kappa shape index (κ3) is 6.69. The summed E-state index contributed by atoms with van der Waals surface area (Å²) < 4.78 is 27.0. The van der Waals surface area contributed by atoms with Crippen LogP contribution in [0.1, 0.15) is 36.1 Å². The molecular weight excluding hydrogens is 360 g/mol. The lowest BCUT2D eigenvalue weighted by Gasteiger charge is -2.12. The Labute approximate surface area is 162 Å². The van der Waals surface area contributed by atoms with Crippen molar-refractivity contribution < 1.29 is 8.42 Å². The van der Waals surface area contributed by atoms with E-state index in [0.29, 0.717) is 12.1 Å². The lowest BCUT2D eigenvalue weighted by molar-refractivity contribution is 0.569. The van der Waals surface area contributed by atoms with E-state index in [1.54, 1.807) is 19.9 Å². The first-order chi connectivity index (χ1) is 12.7. The van der Waals surface area contributed by atoms with Gasteiger partial charge in [0.05, 0.1) is 12.3 Å². The van der Waals surface area contributed by atoms with Crippen LogP contribution in [0.2, 0.25) is 0 Å². The first kappa shape index (κ1) is 20.9. The van der Waals surface area contributed by atoms with Crippen molar-refractivity contribution in [1.82, 2.24) is 4.72 Å². The molecule has 146 valence electrons. The molecule has 27 heavy (non-hydrogen) atoms. The summed E-state index contributed by atoms with van der Waals surface area (Å²) in [6.45, 7) is 7.99. The minimum absolute atomic E-state index is 0.0820. The van der Waals surface area contributed by atoms with Crippen LogP contribution in [0.4, 0.5) is 5.69 Å². The molecule has 2 aromatic rings. The molecule has 0 saturated heterocycles. The highest BCUT2D eigenvalue weighted by molar-refractivity contribution is 7.88. The molecule has 0 heterocycles. The zero-order valence-electron chi connectivity index (χ0n) is 16.3. The van der Waals surface area contributed by atoms with E-state index in [9.17, 15) is 8.42 Å². The van der Waals surface area contributed by atoms with Gasteiger partial charge in [-0.25, -0.2) is 18.1 Å². The Morgan fingerprint density at radius 1 is 1.07 bits per heavy atom. The van der Waals surface area contributed by atoms with Gasteiger partial charge in [-0.2, -0.15) is 0 Å². The summed E-state index contributed by atoms with van der Waals surface area (Å²) in [7, 11) is -3.40. The second-order valence-electron chi connectivity index (χ2n) is 6.93. The fourth-order valence-electron chi connectivity index (χ4n) is 2.63. The predicted octanol–water partition coefficient (Wildman–Crippen LogP) is 3.06. The second-order valence-corrected chi connectivity index (χ2v) is 8.68. The minimum atomic E-state index is -3.40. The molecule has 0 atom stereocenters. The maximum atomic E-state index is 12.2. The molecule has 0 aliphatic rings. The van der Waals surface area contributed by atoms with Crippen molar-refractivity contribution in [2.75, 3.05) is 5.32 Å². The van der Waals surface area contributed by atoms with Crippen molar-refractivity contribution in [3.63, 3.8) is 0 Å². The van der Waals surface area contributed by atoms with Gasteiger partial charge in [0.15, 0.2) is 5.96 Å². The number of nitrogens with two attached hydrogens (primary N) is 1. The molecule has 0 amide bonds. The molecule has 0 fully saturated rings. The van der Waals surface area contributed by atoms with Gasteiger partial charge in [0.1, 0.15) is 0 Å². The molecule has 0 unspecified atom stereocenters. The van der Waals surface area contributed by atoms with Crippen LogP contribution in [0.25, 0.3) is 0 Å². The van der Waals surface area contributed by atoms with Gasteiger partial charge < -0.3 is 11.1 Å². The summed E-state index contributed by atoms with van der Waals surface area (Å²) in [4.78, 5) is 4.36. The van der Waals surface area contributed by atoms with Gasteiger partial charge >= 0.3 is 0 Å². The van der Waals surface area contributed by atoms with Gasteiger partial charge in [-0.1, -0.05) is 30.3 Å². The number of rotatable bonds is 7. The van der Waals surface area contributed by atoms with Crippen molar-refractivity contribution in [3.8, 4) is 0 Å². The number of nitrogens with one attached hydrogen (secondary N) is 2. The Morgan fingerprint density at radius 3 is 2.37 bits per heavy atom. The topological polar surface area (TPSA) is 96.6 Å². The number of nitrogens with zero attached hydrogens (tertiary/aromatic N) is 1. The monoisotopic (exact) mass is 388 g/mol. The fraction of sp³-hybridized carbons (Fsp3) is 0.350. The zero-order chi connectivity index (χ0) is 20.0. The number of guanidine groups is 1. The van der Waals surface area contributed by atoms with E-state index in [0.717, 1.165) is 11.3 Å². The number of sulfonamides is 1. The summed E-state index contributed by atoms with van der Waals surface area (Å²) in [5.74, 6) is 0.206. The van der Waals surface area contributed by atoms with E-state index in [-0.39, 0.29) is 17.8 Å². The van der Waals surface area contributed by atoms with Gasteiger partial charge in [-0.15, -0.1) is 0 Å². The summed E-state index contributed by atoms with van der Waals surface area (Å²) in [5, 5.41) is 3.07. The Morgan fingerprint density at radius 2 is 1.74 bits per heavy atom. The number of benzene rings is 2. The van der Waals surface area contributed by atoms with E-state index in [2.05, 4.69) is 22.0 Å². The Balaban J connectivity index is 2.10. The molecule has 0 saturated carbocycles. The second kappa shape index (κ2) is 9.01. The number of aryl methyl sites for hydroxylation is 2. The summed E-state index contributed by atoms with van der Waals surface area (Å²) >= 11 is 0. The number of hydrogen-bond donors (Lipinski definition) is 3. The standard InChI is InChI=1S/C20H28N4O2S/c1-14(2)24-27(25,26)13-18-8-6-5-7-17(18)12-22-20(21)23-19-10-9-15(3)16(4)11-19/h5-11,14,24H,12-13H2,1-4H3,(H3,21,22,23). The summed E-state index contributed by atoms with van der Waals surface area (Å²) in [6.07, 6.45) is 0. The van der Waals surface area contributed by atoms with Gasteiger partial charge in [0.2, 0.25) is 10.0 Å². The third-order valence-electron chi connectivity index (χ3n) is 4.08. The molecule has 0 radical (unpaired) electrons. The van der Waals surface area contributed by atoms with E-state index in [4.69, 9.17) is 5.73 Å². The molecule has 2 aromatic carbocycles. The van der Waals surface area contributed by atoms with Crippen molar-refractivity contribution in [1.29, 1.82) is 0 Å². The fourth-order valence-corrected chi connectivity index (χ4v) is 4.13. The Hall–Kier alpha value is -2.38. The molecule has 6 nitrogen and oxygen atoms in total. The number of anilines is 1. The lowest BCUT2D eigenvalue weighted by atomic mass is 10.1. The SMILES string of the molecule is Cc1ccc(NC(N)=NCc2ccccc2CS(=O)(=O)NC(C)C)cc1C. The highest BCUT2D eigenvalue weighted by Crippen LogP contribution is 2.15. The molecule has 0 bridgehead atoms. The van der Waals surface area contributed by atoms with Crippen LogP contribution in [-0.4, -0.2) is 20.4 Å². The first-order valence-electron chi connectivity index (χ1n) is 8.87. The first-order valence-corrected chi connectivity index (χ1v) is 10.5. The Bertz CT molecular complexity index is 921. The van der Waals surface area contributed by atoms with E-state index in [1.807, 2.05) is 43.3 Å².